The molecular weight excluding hydrogens is 150 g/mol. The minimum Gasteiger partial charge on any atom is -0.341 e. The molecular formula is C10H11NO. The molecule has 1 aromatic carbocycles. The zero-order valence-electron chi connectivity index (χ0n) is 6.86. The molecule has 2 nitrogen and oxygen atoms in total. The van der Waals surface area contributed by atoms with Gasteiger partial charge in [0, 0.05) is 13.1 Å². The van der Waals surface area contributed by atoms with Gasteiger partial charge in [0.25, 0.3) is 0 Å². The second kappa shape index (κ2) is 2.97. The van der Waals surface area contributed by atoms with Crippen LogP contribution in [0.15, 0.2) is 24.3 Å². The van der Waals surface area contributed by atoms with Crippen molar-refractivity contribution in [3.63, 3.8) is 0 Å². The number of carbonyl (C=O) groups is 1. The number of carbonyl (C=O) groups excluding carboxylic acids is 1. The van der Waals surface area contributed by atoms with Gasteiger partial charge in [-0.1, -0.05) is 24.3 Å². The van der Waals surface area contributed by atoms with E-state index < -0.39 is 0 Å². The van der Waals surface area contributed by atoms with E-state index in [4.69, 9.17) is 0 Å². The second-order valence-electron chi connectivity index (χ2n) is 3.09. The Kier molecular flexibility index (Phi) is 1.82. The third-order valence-corrected chi connectivity index (χ3v) is 2.31. The lowest BCUT2D eigenvalue weighted by Crippen LogP contribution is -2.28. The third-order valence-electron chi connectivity index (χ3n) is 2.31. The highest BCUT2D eigenvalue weighted by Gasteiger charge is 2.12. The molecule has 0 aliphatic carbocycles. The average molecular weight is 161 g/mol. The maximum atomic E-state index is 10.5. The zero-order chi connectivity index (χ0) is 8.39. The number of nitrogens with zero attached hydrogens (tertiary/aromatic N) is 1. The molecule has 0 saturated heterocycles. The van der Waals surface area contributed by atoms with Crippen LogP contribution >= 0.6 is 0 Å². The van der Waals surface area contributed by atoms with E-state index in [1.54, 1.807) is 0 Å². The highest BCUT2D eigenvalue weighted by molar-refractivity contribution is 5.49. The highest BCUT2D eigenvalue weighted by atomic mass is 16.1. The van der Waals surface area contributed by atoms with Crippen molar-refractivity contribution in [2.45, 2.75) is 13.0 Å². The number of hydrogen-bond acceptors (Lipinski definition) is 1. The molecule has 12 heavy (non-hydrogen) atoms. The Hall–Kier alpha value is -1.31. The fourth-order valence-electron chi connectivity index (χ4n) is 1.61. The molecule has 0 bridgehead atoms. The third kappa shape index (κ3) is 1.20. The molecule has 1 aliphatic heterocycles. The molecule has 0 spiro atoms. The monoisotopic (exact) mass is 161 g/mol. The minimum atomic E-state index is 0.777. The highest BCUT2D eigenvalue weighted by Crippen LogP contribution is 2.16. The van der Waals surface area contributed by atoms with E-state index in [0.29, 0.717) is 0 Å². The Morgan fingerprint density at radius 1 is 1.25 bits per heavy atom. The predicted octanol–water partition coefficient (Wildman–Crippen LogP) is 1.20. The molecule has 1 aromatic rings. The van der Waals surface area contributed by atoms with Gasteiger partial charge >= 0.3 is 0 Å². The summed E-state index contributed by atoms with van der Waals surface area (Å²) in [5.41, 5.74) is 2.67. The molecule has 0 unspecified atom stereocenters. The Balaban J connectivity index is 2.28. The van der Waals surface area contributed by atoms with E-state index in [1.165, 1.54) is 11.1 Å². The molecule has 2 rings (SSSR count). The van der Waals surface area contributed by atoms with E-state index in [-0.39, 0.29) is 0 Å². The van der Waals surface area contributed by atoms with Gasteiger partial charge in [0.2, 0.25) is 6.41 Å². The summed E-state index contributed by atoms with van der Waals surface area (Å²) in [5, 5.41) is 0. The van der Waals surface area contributed by atoms with Gasteiger partial charge in [-0.3, -0.25) is 4.79 Å². The van der Waals surface area contributed by atoms with Gasteiger partial charge < -0.3 is 4.90 Å². The number of rotatable bonds is 1. The summed E-state index contributed by atoms with van der Waals surface area (Å²) < 4.78 is 0. The summed E-state index contributed by atoms with van der Waals surface area (Å²) in [6.07, 6.45) is 1.92. The van der Waals surface area contributed by atoms with Crippen molar-refractivity contribution in [1.82, 2.24) is 4.90 Å². The second-order valence-corrected chi connectivity index (χ2v) is 3.09. The Labute approximate surface area is 71.8 Å². The van der Waals surface area contributed by atoms with E-state index in [1.807, 2.05) is 11.0 Å². The quantitative estimate of drug-likeness (QED) is 0.567. The summed E-state index contributed by atoms with van der Waals surface area (Å²) in [5.74, 6) is 0. The molecule has 2 heteroatoms. The lowest BCUT2D eigenvalue weighted by Gasteiger charge is -2.24. The van der Waals surface area contributed by atoms with Gasteiger partial charge in [0.15, 0.2) is 0 Å². The molecule has 0 N–H and O–H groups in total. The number of benzene rings is 1. The largest absolute Gasteiger partial charge is 0.341 e. The van der Waals surface area contributed by atoms with Crippen molar-refractivity contribution in [2.75, 3.05) is 6.54 Å². The van der Waals surface area contributed by atoms with Crippen molar-refractivity contribution in [3.05, 3.63) is 35.4 Å². The SMILES string of the molecule is O=CN1CCc2ccccc2C1. The van der Waals surface area contributed by atoms with Crippen molar-refractivity contribution in [2.24, 2.45) is 0 Å². The Bertz CT molecular complexity index is 296. The fourth-order valence-corrected chi connectivity index (χ4v) is 1.61. The minimum absolute atomic E-state index is 0.777. The number of fused-ring (bicyclic) bond motifs is 1. The van der Waals surface area contributed by atoms with Crippen LogP contribution in [0.1, 0.15) is 11.1 Å². The predicted molar refractivity (Wildman–Crippen MR) is 46.6 cm³/mol. The van der Waals surface area contributed by atoms with Crippen molar-refractivity contribution >= 4 is 6.41 Å². The zero-order valence-corrected chi connectivity index (χ0v) is 6.86. The van der Waals surface area contributed by atoms with E-state index in [2.05, 4.69) is 18.2 Å². The first kappa shape index (κ1) is 7.35. The van der Waals surface area contributed by atoms with E-state index in [9.17, 15) is 4.79 Å². The first-order chi connectivity index (χ1) is 5.90. The smallest absolute Gasteiger partial charge is 0.210 e. The van der Waals surface area contributed by atoms with Crippen LogP contribution in [0.3, 0.4) is 0 Å². The molecule has 1 amide bonds. The van der Waals surface area contributed by atoms with Gasteiger partial charge in [-0.15, -0.1) is 0 Å². The van der Waals surface area contributed by atoms with Gasteiger partial charge in [-0.2, -0.15) is 0 Å². The lowest BCUT2D eigenvalue weighted by atomic mass is 10.0. The maximum Gasteiger partial charge on any atom is 0.210 e. The summed E-state index contributed by atoms with van der Waals surface area (Å²) >= 11 is 0. The summed E-state index contributed by atoms with van der Waals surface area (Å²) in [6.45, 7) is 1.64. The van der Waals surface area contributed by atoms with Crippen molar-refractivity contribution in [3.8, 4) is 0 Å². The van der Waals surface area contributed by atoms with E-state index in [0.717, 1.165) is 25.9 Å². The molecule has 1 aliphatic rings. The van der Waals surface area contributed by atoms with Crippen LogP contribution in [-0.2, 0) is 17.8 Å². The summed E-state index contributed by atoms with van der Waals surface area (Å²) in [7, 11) is 0. The van der Waals surface area contributed by atoms with Crippen LogP contribution in [0.25, 0.3) is 0 Å². The van der Waals surface area contributed by atoms with E-state index >= 15 is 0 Å². The number of amides is 1. The molecule has 1 heterocycles. The van der Waals surface area contributed by atoms with Crippen LogP contribution in [0.2, 0.25) is 0 Å². The topological polar surface area (TPSA) is 20.3 Å². The first-order valence-electron chi connectivity index (χ1n) is 4.16. The lowest BCUT2D eigenvalue weighted by molar-refractivity contribution is -0.118. The van der Waals surface area contributed by atoms with Crippen molar-refractivity contribution < 1.29 is 4.79 Å². The van der Waals surface area contributed by atoms with Crippen molar-refractivity contribution in [1.29, 1.82) is 0 Å². The van der Waals surface area contributed by atoms with Crippen LogP contribution < -0.4 is 0 Å². The van der Waals surface area contributed by atoms with Gasteiger partial charge in [-0.05, 0) is 17.5 Å². The maximum absolute atomic E-state index is 10.5. The van der Waals surface area contributed by atoms with Gasteiger partial charge in [0.05, 0.1) is 0 Å². The molecule has 62 valence electrons. The Morgan fingerprint density at radius 3 is 2.75 bits per heavy atom. The standard InChI is InChI=1S/C10H11NO/c12-8-11-6-5-9-3-1-2-4-10(9)7-11/h1-4,8H,5-7H2. The first-order valence-corrected chi connectivity index (χ1v) is 4.16. The van der Waals surface area contributed by atoms with Gasteiger partial charge in [-0.25, -0.2) is 0 Å². The van der Waals surface area contributed by atoms with Gasteiger partial charge in [0.1, 0.15) is 0 Å². The molecule has 0 aromatic heterocycles. The molecule has 0 saturated carbocycles. The summed E-state index contributed by atoms with van der Waals surface area (Å²) in [6, 6.07) is 8.30. The molecule has 0 radical (unpaired) electrons. The fraction of sp³-hybridized carbons (Fsp3) is 0.300. The normalized spacial score (nSPS) is 15.5. The van der Waals surface area contributed by atoms with Crippen LogP contribution in [0.5, 0.6) is 0 Å². The van der Waals surface area contributed by atoms with Crippen LogP contribution in [-0.4, -0.2) is 17.9 Å². The molecule has 0 fully saturated rings. The van der Waals surface area contributed by atoms with Crippen LogP contribution in [0, 0.1) is 0 Å². The number of hydrogen-bond donors (Lipinski definition) is 0. The van der Waals surface area contributed by atoms with Crippen LogP contribution in [0.4, 0.5) is 0 Å². The summed E-state index contributed by atoms with van der Waals surface area (Å²) in [4.78, 5) is 12.3. The average Bonchev–Trinajstić information content (AvgIpc) is 2.17. The molecule has 0 atom stereocenters. The Morgan fingerprint density at radius 2 is 2.00 bits per heavy atom.